The predicted octanol–water partition coefficient (Wildman–Crippen LogP) is 4.35. The van der Waals surface area contributed by atoms with Crippen LogP contribution in [0.1, 0.15) is 58.2 Å². The predicted molar refractivity (Wildman–Crippen MR) is 348 cm³/mol. The van der Waals surface area contributed by atoms with Gasteiger partial charge in [0.1, 0.15) is 43.9 Å². The number of aliphatic carboxylic acids is 2. The lowest BCUT2D eigenvalue weighted by molar-refractivity contribution is -0.159. The number of amides is 2. The zero-order valence-corrected chi connectivity index (χ0v) is 54.9. The van der Waals surface area contributed by atoms with Crippen LogP contribution in [0, 0.1) is 0 Å². The van der Waals surface area contributed by atoms with Gasteiger partial charge in [0.2, 0.25) is 11.8 Å². The van der Waals surface area contributed by atoms with Gasteiger partial charge in [-0.2, -0.15) is 15.0 Å². The first-order valence-corrected chi connectivity index (χ1v) is 31.5. The molecule has 2 amide bonds. The molecule has 0 unspecified atom stereocenters. The van der Waals surface area contributed by atoms with Crippen molar-refractivity contribution in [2.45, 2.75) is 105 Å². The Morgan fingerprint density at radius 3 is 1.14 bits per heavy atom. The number of nitrogens with one attached hydrogen (secondary N) is 4. The summed E-state index contributed by atoms with van der Waals surface area (Å²) in [5.41, 5.74) is 1.13. The van der Waals surface area contributed by atoms with Crippen LogP contribution >= 0.6 is 35.3 Å². The summed E-state index contributed by atoms with van der Waals surface area (Å²) in [7, 11) is 5.38. The number of carboxylic acids is 2. The van der Waals surface area contributed by atoms with E-state index in [9.17, 15) is 43.2 Å². The molecule has 0 saturated heterocycles. The minimum Gasteiger partial charge on any atom is -0.480 e. The lowest BCUT2D eigenvalue weighted by Crippen LogP contribution is -2.43. The largest absolute Gasteiger partial charge is 0.480 e. The Bertz CT molecular complexity index is 3350. The maximum atomic E-state index is 13.0. The normalized spacial score (nSPS) is 10.9. The zero-order chi connectivity index (χ0) is 66.5. The molecule has 488 valence electrons. The molecule has 0 spiro atoms. The summed E-state index contributed by atoms with van der Waals surface area (Å²) in [6.07, 6.45) is 4.53. The number of carbonyl (C=O) groups excluding carboxylic acids is 4. The minimum atomic E-state index is -1.07. The van der Waals surface area contributed by atoms with Crippen molar-refractivity contribution >= 4 is 71.0 Å². The van der Waals surface area contributed by atoms with Crippen LogP contribution in [0.4, 0.5) is 0 Å². The number of hydrogen-bond donors (Lipinski definition) is 6. The lowest BCUT2D eigenvalue weighted by atomic mass is 10.2. The van der Waals surface area contributed by atoms with E-state index in [2.05, 4.69) is 36.2 Å². The third-order valence-corrected chi connectivity index (χ3v) is 14.6. The molecule has 0 aliphatic rings. The Morgan fingerprint density at radius 2 is 0.811 bits per heavy atom. The quantitative estimate of drug-likeness (QED) is 0.0158. The summed E-state index contributed by atoms with van der Waals surface area (Å²) < 4.78 is 15.1. The van der Waals surface area contributed by atoms with E-state index in [-0.39, 0.29) is 85.9 Å². The van der Waals surface area contributed by atoms with Crippen LogP contribution in [0.3, 0.4) is 0 Å². The van der Waals surface area contributed by atoms with Crippen LogP contribution in [-0.2, 0) is 75.1 Å². The first kappa shape index (κ1) is 76.3. The second kappa shape index (κ2) is 41.3. The average molecular weight is 1300 g/mol. The molecule has 3 aromatic carbocycles. The third-order valence-electron chi connectivity index (χ3n) is 11.4. The molecule has 0 saturated carbocycles. The van der Waals surface area contributed by atoms with Crippen molar-refractivity contribution in [3.05, 3.63) is 176 Å². The number of carbonyl (C=O) groups is 6. The lowest BCUT2D eigenvalue weighted by Gasteiger charge is -2.25. The summed E-state index contributed by atoms with van der Waals surface area (Å²) in [6, 6.07) is 33.1. The molecule has 3 aromatic heterocycles. The molecule has 0 fully saturated rings. The minimum absolute atomic E-state index is 0.0308. The highest BCUT2D eigenvalue weighted by Crippen LogP contribution is 2.23. The third kappa shape index (κ3) is 33.6. The van der Waals surface area contributed by atoms with Crippen LogP contribution in [0.25, 0.3) is 0 Å². The van der Waals surface area contributed by atoms with E-state index < -0.39 is 23.5 Å². The van der Waals surface area contributed by atoms with E-state index in [0.29, 0.717) is 52.4 Å². The first-order chi connectivity index (χ1) is 42.8. The fraction of sp³-hybridized carbons (Fsp3) is 0.419. The van der Waals surface area contributed by atoms with Gasteiger partial charge in [0.15, 0.2) is 15.5 Å². The maximum absolute atomic E-state index is 13.0. The number of thioether (sulfide) groups is 3. The Balaban J connectivity index is 0.000000328. The Morgan fingerprint density at radius 1 is 0.467 bits per heavy atom. The van der Waals surface area contributed by atoms with Crippen molar-refractivity contribution in [3.8, 4) is 0 Å². The van der Waals surface area contributed by atoms with Gasteiger partial charge in [0.05, 0.1) is 6.54 Å². The van der Waals surface area contributed by atoms with Gasteiger partial charge in [-0.25, -0.2) is 0 Å². The van der Waals surface area contributed by atoms with E-state index >= 15 is 0 Å². The van der Waals surface area contributed by atoms with Gasteiger partial charge < -0.3 is 64.5 Å². The monoisotopic (exact) mass is 1300 g/mol. The molecule has 6 aromatic rings. The zero-order valence-electron chi connectivity index (χ0n) is 52.4. The number of ether oxygens (including phenoxy) is 2. The summed E-state index contributed by atoms with van der Waals surface area (Å²) in [6.45, 7) is 13.7. The number of likely N-dealkylation sites (N-methyl/N-ethyl adjacent to an activating group) is 3. The Labute approximate surface area is 537 Å². The highest BCUT2D eigenvalue weighted by atomic mass is 32.2. The van der Waals surface area contributed by atoms with Crippen molar-refractivity contribution in [3.63, 3.8) is 0 Å². The van der Waals surface area contributed by atoms with Gasteiger partial charge in [0.25, 0.3) is 16.7 Å². The topological polar surface area (TPSA) is 321 Å². The van der Waals surface area contributed by atoms with Gasteiger partial charge in [-0.05, 0) is 79.4 Å². The van der Waals surface area contributed by atoms with Gasteiger partial charge in [-0.3, -0.25) is 43.2 Å². The van der Waals surface area contributed by atoms with Crippen LogP contribution in [-0.4, -0.2) is 176 Å². The molecule has 0 aliphatic heterocycles. The SMILES string of the molecule is CNCCN(CC(=O)O)C(=O)Cn1ccc(=O)nc1SCc1ccccc1.CNCCN(CC(=O)OC(C)(C)C)C(=O)Cn1ccc(=O)nc1SCc1ccccc1.CNCCNCC(=O)OC(C)(C)C.O=C(O)Cn1ccc(=O)nc1SCc1ccccc1. The molecule has 0 aliphatic carbocycles. The molecule has 28 heteroatoms. The number of carboxylic acid groups (broad SMARTS) is 2. The standard InChI is InChI=1S/C22H30N4O4S.C18H22N4O4S.C13H12N2O3S.C9H20N2O2/c1-22(2,3)30-20(29)15-25(13-11-23-4)19(28)14-26-12-10-18(27)24-21(26)31-16-17-8-6-5-7-9-17;1-19-8-10-21(12-17(25)26)16(24)11-22-9-7-15(23)20-18(22)27-13-14-5-3-2-4-6-14;16-11-6-7-15(8-12(17)18)13(14-11)19-9-10-4-2-1-3-5-10;1-9(2,3)13-8(12)7-11-6-5-10-4/h5-10,12,23H,11,13-16H2,1-4H3;2-7,9,19H,8,10-13H2,1H3,(H,25,26);1-7H,8-9H2,(H,17,18);10-11H,5-7H2,1-4H3. The summed E-state index contributed by atoms with van der Waals surface area (Å²) >= 11 is 4.08. The molecular weight excluding hydrogens is 1220 g/mol. The van der Waals surface area contributed by atoms with E-state index in [1.165, 1.54) is 80.2 Å². The summed E-state index contributed by atoms with van der Waals surface area (Å²) in [5, 5.41) is 30.9. The highest BCUT2D eigenvalue weighted by molar-refractivity contribution is 7.98. The number of aromatic nitrogens is 6. The number of benzene rings is 3. The first-order valence-electron chi connectivity index (χ1n) is 28.6. The smallest absolute Gasteiger partial charge is 0.326 e. The van der Waals surface area contributed by atoms with E-state index in [1.54, 1.807) is 50.2 Å². The van der Waals surface area contributed by atoms with Gasteiger partial charge in [-0.1, -0.05) is 126 Å². The molecule has 6 rings (SSSR count). The van der Waals surface area contributed by atoms with Gasteiger partial charge in [-0.15, -0.1) is 0 Å². The van der Waals surface area contributed by atoms with Crippen molar-refractivity contribution in [1.82, 2.24) is 59.7 Å². The van der Waals surface area contributed by atoms with Crippen molar-refractivity contribution in [1.29, 1.82) is 0 Å². The number of nitrogens with zero attached hydrogens (tertiary/aromatic N) is 8. The fourth-order valence-electron chi connectivity index (χ4n) is 7.30. The average Bonchev–Trinajstić information content (AvgIpc) is 2.33. The van der Waals surface area contributed by atoms with E-state index in [0.717, 1.165) is 29.8 Å². The van der Waals surface area contributed by atoms with E-state index in [1.807, 2.05) is 119 Å². The Kier molecular flexibility index (Phi) is 35.0. The fourth-order valence-corrected chi connectivity index (χ4v) is 10.1. The number of hydrogen-bond acceptors (Lipinski definition) is 21. The maximum Gasteiger partial charge on any atom is 0.326 e. The van der Waals surface area contributed by atoms with E-state index in [4.69, 9.17) is 19.7 Å². The highest BCUT2D eigenvalue weighted by Gasteiger charge is 2.24. The molecule has 6 N–H and O–H groups in total. The van der Waals surface area contributed by atoms with Crippen molar-refractivity contribution < 1.29 is 48.5 Å². The summed E-state index contributed by atoms with van der Waals surface area (Å²) in [4.78, 5) is 120. The molecule has 0 bridgehead atoms. The van der Waals surface area contributed by atoms with Gasteiger partial charge >= 0.3 is 23.9 Å². The summed E-state index contributed by atoms with van der Waals surface area (Å²) in [5.74, 6) is -1.46. The second-order valence-electron chi connectivity index (χ2n) is 21.4. The van der Waals surface area contributed by atoms with Gasteiger partial charge in [0, 0.05) is 93.3 Å². The van der Waals surface area contributed by atoms with Crippen LogP contribution in [0.2, 0.25) is 0 Å². The van der Waals surface area contributed by atoms with Crippen molar-refractivity contribution in [2.24, 2.45) is 0 Å². The van der Waals surface area contributed by atoms with Crippen LogP contribution in [0.5, 0.6) is 0 Å². The molecule has 0 radical (unpaired) electrons. The Hall–Kier alpha value is -7.99. The van der Waals surface area contributed by atoms with Crippen molar-refractivity contribution in [2.75, 3.05) is 80.0 Å². The second-order valence-corrected chi connectivity index (χ2v) is 24.3. The molecule has 25 nitrogen and oxygen atoms in total. The molecule has 90 heavy (non-hydrogen) atoms. The molecule has 3 heterocycles. The van der Waals surface area contributed by atoms with Crippen LogP contribution in [0.15, 0.2) is 158 Å². The number of esters is 2. The number of rotatable bonds is 30. The van der Waals surface area contributed by atoms with Crippen LogP contribution < -0.4 is 37.9 Å². The molecule has 0 atom stereocenters. The molecular formula is C62H84N12O13S3.